The van der Waals surface area contributed by atoms with Gasteiger partial charge < -0.3 is 20.0 Å². The van der Waals surface area contributed by atoms with Crippen LogP contribution >= 0.6 is 0 Å². The fourth-order valence-electron chi connectivity index (χ4n) is 4.92. The van der Waals surface area contributed by atoms with E-state index in [0.717, 1.165) is 17.7 Å². The number of oxazole rings is 1. The van der Waals surface area contributed by atoms with Gasteiger partial charge in [0.15, 0.2) is 5.89 Å². The van der Waals surface area contributed by atoms with Crippen LogP contribution in [0.5, 0.6) is 0 Å². The zero-order valence-corrected chi connectivity index (χ0v) is 21.9. The second kappa shape index (κ2) is 10.7. The Morgan fingerprint density at radius 1 is 1.24 bits per heavy atom. The maximum atomic E-state index is 13.4. The number of carbonyl (C=O) groups is 2. The predicted molar refractivity (Wildman–Crippen MR) is 137 cm³/mol. The molecule has 3 amide bonds. The Kier molecular flexibility index (Phi) is 7.71. The summed E-state index contributed by atoms with van der Waals surface area (Å²) in [5.74, 6) is -0.803. The van der Waals surface area contributed by atoms with Crippen molar-refractivity contribution >= 4 is 17.5 Å². The van der Waals surface area contributed by atoms with Gasteiger partial charge in [0.2, 0.25) is 5.91 Å². The largest absolute Gasteiger partial charge is 0.449 e. The summed E-state index contributed by atoms with van der Waals surface area (Å²) < 4.78 is 45.6. The van der Waals surface area contributed by atoms with Crippen molar-refractivity contribution < 1.29 is 27.2 Å². The zero-order chi connectivity index (χ0) is 27.7. The number of aromatic nitrogens is 1. The van der Waals surface area contributed by atoms with Gasteiger partial charge in [-0.1, -0.05) is 36.8 Å². The van der Waals surface area contributed by atoms with E-state index in [1.807, 2.05) is 27.7 Å². The average Bonchev–Trinajstić information content (AvgIpc) is 3.40. The zero-order valence-electron chi connectivity index (χ0n) is 21.9. The second-order valence-electron chi connectivity index (χ2n) is 10.9. The van der Waals surface area contributed by atoms with E-state index in [0.29, 0.717) is 36.5 Å². The van der Waals surface area contributed by atoms with Crippen LogP contribution in [0.15, 0.2) is 58.9 Å². The first-order valence-electron chi connectivity index (χ1n) is 12.7. The highest BCUT2D eigenvalue weighted by Gasteiger charge is 2.39. The van der Waals surface area contributed by atoms with Crippen molar-refractivity contribution in [2.24, 2.45) is 11.8 Å². The fraction of sp³-hybridized carbons (Fsp3) is 0.464. The first-order valence-corrected chi connectivity index (χ1v) is 12.7. The molecule has 204 valence electrons. The summed E-state index contributed by atoms with van der Waals surface area (Å²) in [5.41, 5.74) is 0.840. The SMILES string of the molecule is CC(CNC(=O)C1C=CC(c2cccc(C(F)(F)F)c2)=C2CCN(C(=O)NC(C)(C)C)CC21)c1ncco1. The Hall–Kier alpha value is -3.56. The van der Waals surface area contributed by atoms with E-state index in [4.69, 9.17) is 4.42 Å². The molecule has 3 atom stereocenters. The van der Waals surface area contributed by atoms with Gasteiger partial charge in [0.25, 0.3) is 0 Å². The molecule has 1 aromatic heterocycles. The molecule has 0 spiro atoms. The van der Waals surface area contributed by atoms with E-state index in [1.165, 1.54) is 12.3 Å². The molecule has 4 rings (SSSR count). The number of nitrogens with zero attached hydrogens (tertiary/aromatic N) is 2. The van der Waals surface area contributed by atoms with E-state index in [-0.39, 0.29) is 30.3 Å². The molecule has 2 N–H and O–H groups in total. The number of urea groups is 1. The van der Waals surface area contributed by atoms with Crippen LogP contribution in [0, 0.1) is 11.8 Å². The summed E-state index contributed by atoms with van der Waals surface area (Å²) in [6, 6.07) is 4.99. The number of hydrogen-bond donors (Lipinski definition) is 2. The molecule has 0 saturated carbocycles. The lowest BCUT2D eigenvalue weighted by Crippen LogP contribution is -2.53. The average molecular weight is 531 g/mol. The number of likely N-dealkylation sites (tertiary alicyclic amines) is 1. The number of rotatable bonds is 5. The van der Waals surface area contributed by atoms with Crippen molar-refractivity contribution in [3.63, 3.8) is 0 Å². The van der Waals surface area contributed by atoms with Gasteiger partial charge >= 0.3 is 12.2 Å². The minimum atomic E-state index is -4.46. The number of alkyl halides is 3. The van der Waals surface area contributed by atoms with Crippen LogP contribution in [-0.4, -0.2) is 47.0 Å². The number of benzene rings is 1. The van der Waals surface area contributed by atoms with Gasteiger partial charge in [-0.3, -0.25) is 4.79 Å². The number of carbonyl (C=O) groups excluding carboxylic acids is 2. The van der Waals surface area contributed by atoms with Gasteiger partial charge in [0, 0.05) is 31.1 Å². The highest BCUT2D eigenvalue weighted by molar-refractivity contribution is 5.87. The third kappa shape index (κ3) is 6.28. The predicted octanol–water partition coefficient (Wildman–Crippen LogP) is 5.38. The van der Waals surface area contributed by atoms with Gasteiger partial charge in [-0.15, -0.1) is 0 Å². The molecule has 2 heterocycles. The van der Waals surface area contributed by atoms with E-state index in [9.17, 15) is 22.8 Å². The molecule has 10 heteroatoms. The summed E-state index contributed by atoms with van der Waals surface area (Å²) in [6.07, 6.45) is 2.49. The monoisotopic (exact) mass is 530 g/mol. The Balaban J connectivity index is 1.61. The van der Waals surface area contributed by atoms with E-state index < -0.39 is 23.2 Å². The van der Waals surface area contributed by atoms with Gasteiger partial charge in [-0.05, 0) is 50.5 Å². The van der Waals surface area contributed by atoms with Gasteiger partial charge in [-0.25, -0.2) is 9.78 Å². The molecule has 1 aliphatic heterocycles. The number of allylic oxidation sites excluding steroid dienone is 2. The normalized spacial score (nSPS) is 20.7. The van der Waals surface area contributed by atoms with Crippen LogP contribution in [-0.2, 0) is 11.0 Å². The molecule has 2 aromatic rings. The topological polar surface area (TPSA) is 87.5 Å². The van der Waals surface area contributed by atoms with Gasteiger partial charge in [0.1, 0.15) is 6.26 Å². The summed E-state index contributed by atoms with van der Waals surface area (Å²) >= 11 is 0. The van der Waals surface area contributed by atoms with Crippen molar-refractivity contribution in [2.45, 2.75) is 51.7 Å². The van der Waals surface area contributed by atoms with Crippen LogP contribution in [0.1, 0.15) is 57.1 Å². The first kappa shape index (κ1) is 27.5. The molecule has 1 fully saturated rings. The van der Waals surface area contributed by atoms with Crippen molar-refractivity contribution in [3.8, 4) is 0 Å². The standard InChI is InChI=1S/C28H33F3N4O3/c1-17(25-32-11-13-38-25)15-33-24(36)22-9-8-20(18-6-5-7-19(14-18)28(29,30)31)21-10-12-35(16-23(21)22)26(37)34-27(2,3)4/h5-9,11,13-14,17,22-23H,10,12,15-16H2,1-4H3,(H,33,36)(H,34,37). The molecule has 1 aliphatic carbocycles. The van der Waals surface area contributed by atoms with Crippen LogP contribution in [0.25, 0.3) is 5.57 Å². The quantitative estimate of drug-likeness (QED) is 0.543. The minimum Gasteiger partial charge on any atom is -0.449 e. The number of nitrogens with one attached hydrogen (secondary N) is 2. The molecule has 1 saturated heterocycles. The Morgan fingerprint density at radius 2 is 2.00 bits per heavy atom. The van der Waals surface area contributed by atoms with Crippen LogP contribution < -0.4 is 10.6 Å². The Labute approximate surface area is 220 Å². The summed E-state index contributed by atoms with van der Waals surface area (Å²) in [7, 11) is 0. The van der Waals surface area contributed by atoms with Gasteiger partial charge in [-0.2, -0.15) is 13.2 Å². The third-order valence-electron chi connectivity index (χ3n) is 6.79. The van der Waals surface area contributed by atoms with Crippen molar-refractivity contribution in [2.75, 3.05) is 19.6 Å². The smallest absolute Gasteiger partial charge is 0.416 e. The Morgan fingerprint density at radius 3 is 2.66 bits per heavy atom. The molecule has 0 bridgehead atoms. The lowest BCUT2D eigenvalue weighted by molar-refractivity contribution is -0.137. The number of hydrogen-bond acceptors (Lipinski definition) is 4. The summed E-state index contributed by atoms with van der Waals surface area (Å²) in [5, 5.41) is 5.92. The molecular formula is C28H33F3N4O3. The van der Waals surface area contributed by atoms with Crippen molar-refractivity contribution in [1.82, 2.24) is 20.5 Å². The minimum absolute atomic E-state index is 0.141. The summed E-state index contributed by atoms with van der Waals surface area (Å²) in [6.45, 7) is 8.54. The molecule has 3 unspecified atom stereocenters. The van der Waals surface area contributed by atoms with E-state index >= 15 is 0 Å². The lowest BCUT2D eigenvalue weighted by atomic mass is 9.73. The fourth-order valence-corrected chi connectivity index (χ4v) is 4.92. The maximum Gasteiger partial charge on any atom is 0.416 e. The molecular weight excluding hydrogens is 497 g/mol. The lowest BCUT2D eigenvalue weighted by Gasteiger charge is -2.41. The van der Waals surface area contributed by atoms with Crippen LogP contribution in [0.4, 0.5) is 18.0 Å². The molecule has 38 heavy (non-hydrogen) atoms. The second-order valence-corrected chi connectivity index (χ2v) is 10.9. The van der Waals surface area contributed by atoms with E-state index in [2.05, 4.69) is 15.6 Å². The van der Waals surface area contributed by atoms with Crippen molar-refractivity contribution in [3.05, 3.63) is 71.5 Å². The number of halogens is 3. The van der Waals surface area contributed by atoms with Crippen LogP contribution in [0.2, 0.25) is 0 Å². The van der Waals surface area contributed by atoms with Crippen molar-refractivity contribution in [1.29, 1.82) is 0 Å². The molecule has 2 aliphatic rings. The molecule has 7 nitrogen and oxygen atoms in total. The number of piperidine rings is 1. The Bertz CT molecular complexity index is 1230. The highest BCUT2D eigenvalue weighted by Crippen LogP contribution is 2.41. The van der Waals surface area contributed by atoms with E-state index in [1.54, 1.807) is 29.3 Å². The highest BCUT2D eigenvalue weighted by atomic mass is 19.4. The van der Waals surface area contributed by atoms with Gasteiger partial charge in [0.05, 0.1) is 23.6 Å². The molecule has 0 radical (unpaired) electrons. The number of amides is 3. The molecule has 1 aromatic carbocycles. The third-order valence-corrected chi connectivity index (χ3v) is 6.79. The number of fused-ring (bicyclic) bond motifs is 1. The van der Waals surface area contributed by atoms with Crippen LogP contribution in [0.3, 0.4) is 0 Å². The first-order chi connectivity index (χ1) is 17.8. The summed E-state index contributed by atoms with van der Waals surface area (Å²) in [4.78, 5) is 32.1. The maximum absolute atomic E-state index is 13.4.